The molecule has 3 nitrogen and oxygen atoms in total. The number of hydrogen-bond acceptors (Lipinski definition) is 3. The molecule has 80 valence electrons. The Morgan fingerprint density at radius 2 is 1.85 bits per heavy atom. The smallest absolute Gasteiger partial charge is 0.0704 e. The first-order valence-electron chi connectivity index (χ1n) is 5.02. The summed E-state index contributed by atoms with van der Waals surface area (Å²) in [6, 6.07) is 0. The van der Waals surface area contributed by atoms with Crippen LogP contribution >= 0.6 is 0 Å². The van der Waals surface area contributed by atoms with Crippen LogP contribution in [-0.4, -0.2) is 37.6 Å². The minimum Gasteiger partial charge on any atom is -0.394 e. The van der Waals surface area contributed by atoms with Crippen molar-refractivity contribution in [2.45, 2.75) is 33.3 Å². The van der Waals surface area contributed by atoms with Crippen LogP contribution in [0.1, 0.15) is 27.2 Å². The van der Waals surface area contributed by atoms with Crippen LogP contribution in [0.5, 0.6) is 0 Å². The zero-order chi connectivity index (χ0) is 10.1. The molecule has 0 aliphatic carbocycles. The molecule has 0 bridgehead atoms. The lowest BCUT2D eigenvalue weighted by molar-refractivity contribution is -0.0211. The molecule has 1 N–H and O–H groups in total. The Bertz CT molecular complexity index is 104. The maximum Gasteiger partial charge on any atom is 0.0704 e. The summed E-state index contributed by atoms with van der Waals surface area (Å²) in [5, 5.41) is 8.44. The second kappa shape index (κ2) is 8.48. The lowest BCUT2D eigenvalue weighted by Crippen LogP contribution is -2.21. The van der Waals surface area contributed by atoms with Gasteiger partial charge in [0, 0.05) is 0 Å². The SMILES string of the molecule is CCC(OCCOCCO)C(C)C. The first kappa shape index (κ1) is 12.9. The fourth-order valence-corrected chi connectivity index (χ4v) is 1.21. The summed E-state index contributed by atoms with van der Waals surface area (Å²) in [6.07, 6.45) is 1.37. The van der Waals surface area contributed by atoms with Crippen LogP contribution in [0, 0.1) is 5.92 Å². The van der Waals surface area contributed by atoms with Gasteiger partial charge in [-0.25, -0.2) is 0 Å². The molecule has 0 amide bonds. The van der Waals surface area contributed by atoms with E-state index in [0.717, 1.165) is 6.42 Å². The average Bonchev–Trinajstić information content (AvgIpc) is 2.10. The Balaban J connectivity index is 3.28. The van der Waals surface area contributed by atoms with Crippen molar-refractivity contribution < 1.29 is 14.6 Å². The van der Waals surface area contributed by atoms with Crippen LogP contribution in [0.2, 0.25) is 0 Å². The minimum absolute atomic E-state index is 0.0847. The summed E-state index contributed by atoms with van der Waals surface area (Å²) in [7, 11) is 0. The number of ether oxygens (including phenoxy) is 2. The van der Waals surface area contributed by atoms with Crippen LogP contribution in [0.3, 0.4) is 0 Å². The highest BCUT2D eigenvalue weighted by Gasteiger charge is 2.10. The molecule has 3 heteroatoms. The lowest BCUT2D eigenvalue weighted by Gasteiger charge is -2.19. The molecule has 0 aromatic rings. The van der Waals surface area contributed by atoms with E-state index in [1.165, 1.54) is 0 Å². The molecule has 0 spiro atoms. The molecular weight excluding hydrogens is 168 g/mol. The first-order valence-corrected chi connectivity index (χ1v) is 5.02. The molecule has 0 fully saturated rings. The molecule has 0 radical (unpaired) electrons. The highest BCUT2D eigenvalue weighted by atomic mass is 16.5. The minimum atomic E-state index is 0.0847. The molecule has 1 atom stereocenters. The van der Waals surface area contributed by atoms with Crippen molar-refractivity contribution in [3.8, 4) is 0 Å². The molecule has 0 rings (SSSR count). The van der Waals surface area contributed by atoms with Gasteiger partial charge >= 0.3 is 0 Å². The maximum absolute atomic E-state index is 8.44. The van der Waals surface area contributed by atoms with Crippen molar-refractivity contribution in [2.24, 2.45) is 5.92 Å². The fourth-order valence-electron chi connectivity index (χ4n) is 1.21. The molecule has 0 aromatic heterocycles. The van der Waals surface area contributed by atoms with Gasteiger partial charge < -0.3 is 14.6 Å². The van der Waals surface area contributed by atoms with Gasteiger partial charge in [0.25, 0.3) is 0 Å². The largest absolute Gasteiger partial charge is 0.394 e. The van der Waals surface area contributed by atoms with E-state index in [9.17, 15) is 0 Å². The molecular formula is C10H22O3. The Morgan fingerprint density at radius 3 is 2.31 bits per heavy atom. The van der Waals surface area contributed by atoms with E-state index in [1.54, 1.807) is 0 Å². The third kappa shape index (κ3) is 6.99. The van der Waals surface area contributed by atoms with Crippen LogP contribution in [0.15, 0.2) is 0 Å². The van der Waals surface area contributed by atoms with Gasteiger partial charge in [0.1, 0.15) is 0 Å². The van der Waals surface area contributed by atoms with Gasteiger partial charge in [-0.1, -0.05) is 20.8 Å². The summed E-state index contributed by atoms with van der Waals surface area (Å²) in [5.74, 6) is 0.558. The molecule has 0 aromatic carbocycles. The summed E-state index contributed by atoms with van der Waals surface area (Å²) in [4.78, 5) is 0. The third-order valence-corrected chi connectivity index (χ3v) is 1.94. The normalized spacial score (nSPS) is 13.6. The third-order valence-electron chi connectivity index (χ3n) is 1.94. The van der Waals surface area contributed by atoms with E-state index < -0.39 is 0 Å². The van der Waals surface area contributed by atoms with Crippen LogP contribution in [-0.2, 0) is 9.47 Å². The molecule has 0 aliphatic heterocycles. The Labute approximate surface area is 81.0 Å². The molecule has 0 saturated carbocycles. The lowest BCUT2D eigenvalue weighted by atomic mass is 10.1. The standard InChI is InChI=1S/C10H22O3/c1-4-10(9(2)3)13-8-7-12-6-5-11/h9-11H,4-8H2,1-3H3. The second-order valence-corrected chi connectivity index (χ2v) is 3.40. The first-order chi connectivity index (χ1) is 6.22. The van der Waals surface area contributed by atoms with E-state index in [1.807, 2.05) is 0 Å². The average molecular weight is 190 g/mol. The molecule has 0 saturated heterocycles. The number of hydrogen-bond donors (Lipinski definition) is 1. The van der Waals surface area contributed by atoms with Gasteiger partial charge in [-0.3, -0.25) is 0 Å². The Kier molecular flexibility index (Phi) is 8.40. The quantitative estimate of drug-likeness (QED) is 0.589. The van der Waals surface area contributed by atoms with E-state index in [0.29, 0.717) is 31.8 Å². The second-order valence-electron chi connectivity index (χ2n) is 3.40. The molecule has 0 aliphatic rings. The molecule has 13 heavy (non-hydrogen) atoms. The zero-order valence-electron chi connectivity index (χ0n) is 8.95. The van der Waals surface area contributed by atoms with Crippen LogP contribution in [0.25, 0.3) is 0 Å². The number of rotatable bonds is 8. The Morgan fingerprint density at radius 1 is 1.15 bits per heavy atom. The monoisotopic (exact) mass is 190 g/mol. The predicted octanol–water partition coefficient (Wildman–Crippen LogP) is 1.45. The van der Waals surface area contributed by atoms with E-state index in [-0.39, 0.29) is 6.61 Å². The summed E-state index contributed by atoms with van der Waals surface area (Å²) < 4.78 is 10.7. The topological polar surface area (TPSA) is 38.7 Å². The fraction of sp³-hybridized carbons (Fsp3) is 1.00. The van der Waals surface area contributed by atoms with Gasteiger partial charge in [0.15, 0.2) is 0 Å². The summed E-state index contributed by atoms with van der Waals surface area (Å²) >= 11 is 0. The van der Waals surface area contributed by atoms with Gasteiger partial charge in [0.05, 0.1) is 32.5 Å². The zero-order valence-corrected chi connectivity index (χ0v) is 8.95. The van der Waals surface area contributed by atoms with E-state index >= 15 is 0 Å². The highest BCUT2D eigenvalue weighted by molar-refractivity contribution is 4.59. The van der Waals surface area contributed by atoms with Crippen LogP contribution < -0.4 is 0 Å². The maximum atomic E-state index is 8.44. The van der Waals surface area contributed by atoms with Crippen molar-refractivity contribution in [1.82, 2.24) is 0 Å². The molecule has 0 heterocycles. The van der Waals surface area contributed by atoms with Crippen molar-refractivity contribution in [1.29, 1.82) is 0 Å². The van der Waals surface area contributed by atoms with Gasteiger partial charge in [-0.05, 0) is 12.3 Å². The summed E-state index contributed by atoms with van der Waals surface area (Å²) in [5.41, 5.74) is 0. The van der Waals surface area contributed by atoms with Crippen LogP contribution in [0.4, 0.5) is 0 Å². The van der Waals surface area contributed by atoms with E-state index in [2.05, 4.69) is 20.8 Å². The Hall–Kier alpha value is -0.120. The highest BCUT2D eigenvalue weighted by Crippen LogP contribution is 2.09. The van der Waals surface area contributed by atoms with Crippen molar-refractivity contribution in [2.75, 3.05) is 26.4 Å². The molecule has 1 unspecified atom stereocenters. The number of aliphatic hydroxyl groups excluding tert-OH is 1. The van der Waals surface area contributed by atoms with Gasteiger partial charge in [0.2, 0.25) is 0 Å². The number of aliphatic hydroxyl groups is 1. The predicted molar refractivity (Wildman–Crippen MR) is 52.8 cm³/mol. The van der Waals surface area contributed by atoms with Gasteiger partial charge in [-0.2, -0.15) is 0 Å². The van der Waals surface area contributed by atoms with E-state index in [4.69, 9.17) is 14.6 Å². The van der Waals surface area contributed by atoms with Gasteiger partial charge in [-0.15, -0.1) is 0 Å². The van der Waals surface area contributed by atoms with Crippen molar-refractivity contribution in [3.05, 3.63) is 0 Å². The summed E-state index contributed by atoms with van der Waals surface area (Å²) in [6.45, 7) is 8.12. The van der Waals surface area contributed by atoms with Crippen molar-refractivity contribution in [3.63, 3.8) is 0 Å². The van der Waals surface area contributed by atoms with Crippen molar-refractivity contribution >= 4 is 0 Å².